The minimum atomic E-state index is -0.993. The Hall–Kier alpha value is -2.02. The van der Waals surface area contributed by atoms with Crippen molar-refractivity contribution in [2.45, 2.75) is 13.0 Å². The van der Waals surface area contributed by atoms with Crippen LogP contribution in [-0.4, -0.2) is 28.0 Å². The smallest absolute Gasteiger partial charge is 0.331 e. The molecule has 0 fully saturated rings. The van der Waals surface area contributed by atoms with Crippen LogP contribution in [0.3, 0.4) is 0 Å². The Balaban J connectivity index is 2.40. The number of nitrogens with zero attached hydrogens (tertiary/aromatic N) is 2. The number of methoxy groups -OCH3 is 1. The molecule has 0 bridgehead atoms. The van der Waals surface area contributed by atoms with E-state index in [9.17, 15) is 9.90 Å². The standard InChI is InChI=1S/C14H16BrN3O3/c1-8-11(13(21-3)18(2)17-8)12(14(19)20)16-10-6-4-9(15)5-7-10/h4-7,12,16H,1-3H3,(H,19,20). The van der Waals surface area contributed by atoms with Crippen LogP contribution in [0.4, 0.5) is 5.69 Å². The summed E-state index contributed by atoms with van der Waals surface area (Å²) in [6.07, 6.45) is 0. The van der Waals surface area contributed by atoms with Gasteiger partial charge in [0.15, 0.2) is 6.04 Å². The van der Waals surface area contributed by atoms with Gasteiger partial charge >= 0.3 is 5.97 Å². The number of carboxylic acids is 1. The lowest BCUT2D eigenvalue weighted by Crippen LogP contribution is -2.21. The van der Waals surface area contributed by atoms with Gasteiger partial charge in [-0.25, -0.2) is 9.48 Å². The van der Waals surface area contributed by atoms with Gasteiger partial charge in [-0.05, 0) is 31.2 Å². The van der Waals surface area contributed by atoms with Crippen molar-refractivity contribution < 1.29 is 14.6 Å². The van der Waals surface area contributed by atoms with Gasteiger partial charge in [-0.3, -0.25) is 0 Å². The van der Waals surface area contributed by atoms with Crippen molar-refractivity contribution in [1.29, 1.82) is 0 Å². The SMILES string of the molecule is COc1c(C(Nc2ccc(Br)cc2)C(=O)O)c(C)nn1C. The van der Waals surface area contributed by atoms with Crippen molar-refractivity contribution in [3.05, 3.63) is 40.0 Å². The maximum absolute atomic E-state index is 11.6. The molecule has 1 heterocycles. The molecule has 7 heteroatoms. The molecule has 0 spiro atoms. The van der Waals surface area contributed by atoms with E-state index in [1.165, 1.54) is 11.8 Å². The zero-order valence-electron chi connectivity index (χ0n) is 11.9. The van der Waals surface area contributed by atoms with E-state index in [1.54, 1.807) is 26.1 Å². The van der Waals surface area contributed by atoms with E-state index in [-0.39, 0.29) is 0 Å². The number of hydrogen-bond donors (Lipinski definition) is 2. The molecule has 0 aliphatic carbocycles. The fourth-order valence-corrected chi connectivity index (χ4v) is 2.46. The van der Waals surface area contributed by atoms with Gasteiger partial charge in [0.25, 0.3) is 0 Å². The van der Waals surface area contributed by atoms with Crippen LogP contribution in [0.2, 0.25) is 0 Å². The van der Waals surface area contributed by atoms with Gasteiger partial charge in [0.2, 0.25) is 5.88 Å². The van der Waals surface area contributed by atoms with Gasteiger partial charge < -0.3 is 15.2 Å². The Morgan fingerprint density at radius 1 is 1.43 bits per heavy atom. The molecule has 2 N–H and O–H groups in total. The lowest BCUT2D eigenvalue weighted by atomic mass is 10.1. The van der Waals surface area contributed by atoms with Crippen LogP contribution < -0.4 is 10.1 Å². The molecule has 112 valence electrons. The Morgan fingerprint density at radius 3 is 2.57 bits per heavy atom. The van der Waals surface area contributed by atoms with E-state index in [0.717, 1.165) is 4.47 Å². The van der Waals surface area contributed by atoms with Crippen LogP contribution >= 0.6 is 15.9 Å². The molecule has 1 aromatic heterocycles. The van der Waals surface area contributed by atoms with E-state index in [1.807, 2.05) is 12.1 Å². The third kappa shape index (κ3) is 3.18. The molecule has 2 rings (SSSR count). The summed E-state index contributed by atoms with van der Waals surface area (Å²) in [5.41, 5.74) is 1.85. The number of nitrogens with one attached hydrogen (secondary N) is 1. The number of halogens is 1. The first-order valence-electron chi connectivity index (χ1n) is 6.26. The van der Waals surface area contributed by atoms with Crippen LogP contribution in [-0.2, 0) is 11.8 Å². The lowest BCUT2D eigenvalue weighted by molar-refractivity contribution is -0.138. The molecule has 0 aliphatic heterocycles. The summed E-state index contributed by atoms with van der Waals surface area (Å²) in [7, 11) is 3.21. The minimum absolute atomic E-state index is 0.435. The summed E-state index contributed by atoms with van der Waals surface area (Å²) < 4.78 is 7.73. The first-order valence-corrected chi connectivity index (χ1v) is 7.05. The largest absolute Gasteiger partial charge is 0.481 e. The van der Waals surface area contributed by atoms with Gasteiger partial charge in [0.05, 0.1) is 18.4 Å². The number of ether oxygens (including phenoxy) is 1. The highest BCUT2D eigenvalue weighted by molar-refractivity contribution is 9.10. The molecule has 1 unspecified atom stereocenters. The van der Waals surface area contributed by atoms with Crippen molar-refractivity contribution in [3.8, 4) is 5.88 Å². The molecule has 2 aromatic rings. The van der Waals surface area contributed by atoms with Gasteiger partial charge in [-0.15, -0.1) is 0 Å². The number of aryl methyl sites for hydroxylation is 2. The van der Waals surface area contributed by atoms with E-state index >= 15 is 0 Å². The summed E-state index contributed by atoms with van der Waals surface area (Å²) in [6, 6.07) is 6.36. The average molecular weight is 354 g/mol. The Labute approximate surface area is 130 Å². The number of aromatic nitrogens is 2. The summed E-state index contributed by atoms with van der Waals surface area (Å²) >= 11 is 3.35. The van der Waals surface area contributed by atoms with Crippen molar-refractivity contribution in [2.75, 3.05) is 12.4 Å². The number of aliphatic carboxylic acids is 1. The molecule has 1 atom stereocenters. The Morgan fingerprint density at radius 2 is 2.05 bits per heavy atom. The van der Waals surface area contributed by atoms with Crippen molar-refractivity contribution in [1.82, 2.24) is 9.78 Å². The highest BCUT2D eigenvalue weighted by Gasteiger charge is 2.29. The molecule has 6 nitrogen and oxygen atoms in total. The number of anilines is 1. The van der Waals surface area contributed by atoms with E-state index in [2.05, 4.69) is 26.3 Å². The normalized spacial score (nSPS) is 12.0. The Kier molecular flexibility index (Phi) is 4.52. The van der Waals surface area contributed by atoms with Crippen LogP contribution in [0.15, 0.2) is 28.7 Å². The number of benzene rings is 1. The van der Waals surface area contributed by atoms with Crippen molar-refractivity contribution in [2.24, 2.45) is 7.05 Å². The molecule has 0 aliphatic rings. The summed E-state index contributed by atoms with van der Waals surface area (Å²) in [4.78, 5) is 11.6. The summed E-state index contributed by atoms with van der Waals surface area (Å²) in [5, 5.41) is 16.8. The topological polar surface area (TPSA) is 76.4 Å². The van der Waals surface area contributed by atoms with E-state index in [4.69, 9.17) is 4.74 Å². The third-order valence-corrected chi connectivity index (χ3v) is 3.63. The monoisotopic (exact) mass is 353 g/mol. The number of hydrogen-bond acceptors (Lipinski definition) is 4. The van der Waals surface area contributed by atoms with Crippen LogP contribution in [0.5, 0.6) is 5.88 Å². The average Bonchev–Trinajstić information content (AvgIpc) is 2.71. The molecule has 0 saturated carbocycles. The highest BCUT2D eigenvalue weighted by Crippen LogP contribution is 2.31. The van der Waals surface area contributed by atoms with E-state index in [0.29, 0.717) is 22.8 Å². The predicted octanol–water partition coefficient (Wildman–Crippen LogP) is 2.74. The molecule has 21 heavy (non-hydrogen) atoms. The highest BCUT2D eigenvalue weighted by atomic mass is 79.9. The van der Waals surface area contributed by atoms with Gasteiger partial charge in [0.1, 0.15) is 0 Å². The second-order valence-corrected chi connectivity index (χ2v) is 5.47. The van der Waals surface area contributed by atoms with Crippen molar-refractivity contribution in [3.63, 3.8) is 0 Å². The molecule has 0 saturated heterocycles. The maximum Gasteiger partial charge on any atom is 0.331 e. The molecule has 0 radical (unpaired) electrons. The van der Waals surface area contributed by atoms with Gasteiger partial charge in [0, 0.05) is 17.2 Å². The first kappa shape index (κ1) is 15.4. The van der Waals surface area contributed by atoms with Crippen LogP contribution in [0.25, 0.3) is 0 Å². The lowest BCUT2D eigenvalue weighted by Gasteiger charge is -2.17. The predicted molar refractivity (Wildman–Crippen MR) is 82.6 cm³/mol. The molecular formula is C14H16BrN3O3. The molecule has 0 amide bonds. The van der Waals surface area contributed by atoms with Crippen LogP contribution in [0, 0.1) is 6.92 Å². The van der Waals surface area contributed by atoms with Gasteiger partial charge in [-0.1, -0.05) is 15.9 Å². The zero-order valence-corrected chi connectivity index (χ0v) is 13.5. The van der Waals surface area contributed by atoms with E-state index < -0.39 is 12.0 Å². The second-order valence-electron chi connectivity index (χ2n) is 4.55. The quantitative estimate of drug-likeness (QED) is 0.864. The maximum atomic E-state index is 11.6. The minimum Gasteiger partial charge on any atom is -0.481 e. The zero-order chi connectivity index (χ0) is 15.6. The fourth-order valence-electron chi connectivity index (χ4n) is 2.20. The summed E-state index contributed by atoms with van der Waals surface area (Å²) in [6.45, 7) is 1.76. The van der Waals surface area contributed by atoms with Crippen molar-refractivity contribution >= 4 is 27.6 Å². The number of carboxylic acid groups (broad SMARTS) is 1. The number of rotatable bonds is 5. The molecule has 1 aromatic carbocycles. The number of carbonyl (C=O) groups is 1. The third-order valence-electron chi connectivity index (χ3n) is 3.10. The van der Waals surface area contributed by atoms with Crippen LogP contribution in [0.1, 0.15) is 17.3 Å². The van der Waals surface area contributed by atoms with Gasteiger partial charge in [-0.2, -0.15) is 5.10 Å². The molecular weight excluding hydrogens is 338 g/mol. The summed E-state index contributed by atoms with van der Waals surface area (Å²) in [5.74, 6) is -0.558. The Bertz CT molecular complexity index is 652. The fraction of sp³-hybridized carbons (Fsp3) is 0.286. The first-order chi connectivity index (χ1) is 9.93. The second kappa shape index (κ2) is 6.17.